The monoisotopic (exact) mass is 371 g/mol. The summed E-state index contributed by atoms with van der Waals surface area (Å²) in [6, 6.07) is 15.3. The van der Waals surface area contributed by atoms with Crippen LogP contribution < -0.4 is 11.1 Å². The lowest BCUT2D eigenvalue weighted by Crippen LogP contribution is -2.12. The molecule has 0 fully saturated rings. The summed E-state index contributed by atoms with van der Waals surface area (Å²) >= 11 is 3.12. The molecule has 0 saturated carbocycles. The van der Waals surface area contributed by atoms with E-state index in [1.807, 2.05) is 48.7 Å². The number of aromatic amines is 1. The number of hydrogen-bond acceptors (Lipinski definition) is 6. The van der Waals surface area contributed by atoms with E-state index in [0.29, 0.717) is 22.4 Å². The van der Waals surface area contributed by atoms with Crippen LogP contribution in [0.1, 0.15) is 15.9 Å². The van der Waals surface area contributed by atoms with Gasteiger partial charge < -0.3 is 11.1 Å². The molecule has 3 aromatic rings. The van der Waals surface area contributed by atoms with Crippen molar-refractivity contribution >= 4 is 41.1 Å². The number of H-pyrrole nitrogens is 1. The number of benzene rings is 2. The number of nitrogens with one attached hydrogen (secondary N) is 2. The summed E-state index contributed by atoms with van der Waals surface area (Å²) in [5.41, 5.74) is 7.91. The average molecular weight is 371 g/mol. The Bertz CT molecular complexity index is 863. The summed E-state index contributed by atoms with van der Waals surface area (Å²) in [5, 5.41) is 10.1. The number of carbonyl (C=O) groups is 1. The van der Waals surface area contributed by atoms with Gasteiger partial charge in [-0.1, -0.05) is 23.9 Å². The molecule has 0 aliphatic rings. The summed E-state index contributed by atoms with van der Waals surface area (Å²) in [5.74, 6) is 0.815. The molecule has 0 aliphatic heterocycles. The van der Waals surface area contributed by atoms with Gasteiger partial charge in [-0.05, 0) is 48.2 Å². The zero-order valence-electron chi connectivity index (χ0n) is 13.5. The van der Waals surface area contributed by atoms with Crippen LogP contribution in [-0.4, -0.2) is 27.3 Å². The van der Waals surface area contributed by atoms with E-state index in [0.717, 1.165) is 16.1 Å². The molecule has 1 heterocycles. The molecule has 0 atom stereocenters. The van der Waals surface area contributed by atoms with Crippen LogP contribution >= 0.6 is 23.5 Å². The van der Waals surface area contributed by atoms with E-state index in [4.69, 9.17) is 5.73 Å². The highest BCUT2D eigenvalue weighted by Gasteiger charge is 2.08. The van der Waals surface area contributed by atoms with Gasteiger partial charge in [-0.2, -0.15) is 4.98 Å². The molecule has 25 heavy (non-hydrogen) atoms. The fourth-order valence-corrected chi connectivity index (χ4v) is 3.31. The van der Waals surface area contributed by atoms with E-state index in [9.17, 15) is 4.79 Å². The zero-order chi connectivity index (χ0) is 17.6. The molecular formula is C17H17N5OS2. The Hall–Kier alpha value is -2.45. The molecule has 0 spiro atoms. The van der Waals surface area contributed by atoms with Crippen molar-refractivity contribution in [2.75, 3.05) is 17.3 Å². The van der Waals surface area contributed by atoms with Crippen LogP contribution in [0, 0.1) is 0 Å². The minimum absolute atomic E-state index is 0.133. The quantitative estimate of drug-likeness (QED) is 0.572. The summed E-state index contributed by atoms with van der Waals surface area (Å²) in [6.45, 7) is 0. The van der Waals surface area contributed by atoms with Gasteiger partial charge in [-0.15, -0.1) is 16.9 Å². The maximum Gasteiger partial charge on any atom is 0.255 e. The second kappa shape index (κ2) is 8.09. The van der Waals surface area contributed by atoms with Crippen LogP contribution in [0.4, 0.5) is 11.6 Å². The van der Waals surface area contributed by atoms with Gasteiger partial charge >= 0.3 is 0 Å². The molecule has 0 unspecified atom stereocenters. The average Bonchev–Trinajstić information content (AvgIpc) is 3.06. The molecule has 4 N–H and O–H groups in total. The van der Waals surface area contributed by atoms with E-state index in [2.05, 4.69) is 20.5 Å². The highest BCUT2D eigenvalue weighted by atomic mass is 32.2. The highest BCUT2D eigenvalue weighted by Crippen LogP contribution is 2.21. The molecule has 0 saturated heterocycles. The number of nitrogens with zero attached hydrogens (tertiary/aromatic N) is 2. The summed E-state index contributed by atoms with van der Waals surface area (Å²) < 4.78 is 0. The molecule has 6 nitrogen and oxygen atoms in total. The molecule has 0 radical (unpaired) electrons. The van der Waals surface area contributed by atoms with E-state index < -0.39 is 0 Å². The first-order chi connectivity index (χ1) is 12.1. The molecule has 1 amide bonds. The first kappa shape index (κ1) is 17.4. The van der Waals surface area contributed by atoms with Crippen LogP contribution in [-0.2, 0) is 5.75 Å². The Morgan fingerprint density at radius 2 is 2.04 bits per heavy atom. The van der Waals surface area contributed by atoms with Gasteiger partial charge in [-0.3, -0.25) is 4.79 Å². The second-order valence-corrected chi connectivity index (χ2v) is 7.00. The first-order valence-corrected chi connectivity index (χ1v) is 9.70. The molecule has 2 aromatic carbocycles. The Morgan fingerprint density at radius 3 is 2.72 bits per heavy atom. The number of amides is 1. The van der Waals surface area contributed by atoms with Crippen LogP contribution in [0.5, 0.6) is 0 Å². The number of thioether (sulfide) groups is 2. The lowest BCUT2D eigenvalue weighted by molar-refractivity contribution is 0.102. The van der Waals surface area contributed by atoms with Gasteiger partial charge in [0, 0.05) is 21.9 Å². The van der Waals surface area contributed by atoms with Gasteiger partial charge in [0.25, 0.3) is 5.91 Å². The fourth-order valence-electron chi connectivity index (χ4n) is 2.15. The number of carbonyl (C=O) groups excluding carboxylic acids is 1. The number of nitrogens with two attached hydrogens (primary N) is 1. The third kappa shape index (κ3) is 4.77. The topological polar surface area (TPSA) is 96.7 Å². The third-order valence-electron chi connectivity index (χ3n) is 3.39. The lowest BCUT2D eigenvalue weighted by atomic mass is 10.1. The van der Waals surface area contributed by atoms with Crippen LogP contribution in [0.15, 0.2) is 58.6 Å². The van der Waals surface area contributed by atoms with Crippen LogP contribution in [0.3, 0.4) is 0 Å². The Balaban J connectivity index is 1.64. The first-order valence-electron chi connectivity index (χ1n) is 7.49. The maximum absolute atomic E-state index is 12.4. The largest absolute Gasteiger partial charge is 0.368 e. The lowest BCUT2D eigenvalue weighted by Gasteiger charge is -2.07. The zero-order valence-corrected chi connectivity index (χ0v) is 15.2. The predicted molar refractivity (Wildman–Crippen MR) is 103 cm³/mol. The highest BCUT2D eigenvalue weighted by molar-refractivity contribution is 7.98. The number of nitrogen functional groups attached to an aromatic ring is 1. The van der Waals surface area contributed by atoms with Crippen LogP contribution in [0.2, 0.25) is 0 Å². The smallest absolute Gasteiger partial charge is 0.255 e. The molecule has 8 heteroatoms. The van der Waals surface area contributed by atoms with Crippen molar-refractivity contribution in [3.63, 3.8) is 0 Å². The standard InChI is InChI=1S/C17H17N5OS2/c1-24-14-7-5-13(6-8-14)19-15(23)12-4-2-3-11(9-12)10-25-17-20-16(18)21-22-17/h2-9H,10H2,1H3,(H,19,23)(H3,18,20,21,22). The van der Waals surface area contributed by atoms with Crippen molar-refractivity contribution in [1.82, 2.24) is 15.2 Å². The summed E-state index contributed by atoms with van der Waals surface area (Å²) in [7, 11) is 0. The molecule has 0 aliphatic carbocycles. The molecule has 128 valence electrons. The maximum atomic E-state index is 12.4. The Labute approximate surface area is 154 Å². The molecule has 3 rings (SSSR count). The van der Waals surface area contributed by atoms with Gasteiger partial charge in [0.1, 0.15) is 0 Å². The molecular weight excluding hydrogens is 354 g/mol. The van der Waals surface area contributed by atoms with Crippen LogP contribution in [0.25, 0.3) is 0 Å². The Kier molecular flexibility index (Phi) is 5.62. The van der Waals surface area contributed by atoms with Gasteiger partial charge in [-0.25, -0.2) is 5.10 Å². The van der Waals surface area contributed by atoms with Gasteiger partial charge in [0.05, 0.1) is 0 Å². The summed E-state index contributed by atoms with van der Waals surface area (Å²) in [6.07, 6.45) is 2.02. The van der Waals surface area contributed by atoms with Crippen molar-refractivity contribution in [2.45, 2.75) is 15.8 Å². The number of rotatable bonds is 6. The number of aromatic nitrogens is 3. The molecule has 0 bridgehead atoms. The Morgan fingerprint density at radius 1 is 1.24 bits per heavy atom. The van der Waals surface area contributed by atoms with Gasteiger partial charge in [0.15, 0.2) is 0 Å². The van der Waals surface area contributed by atoms with Crippen molar-refractivity contribution in [3.05, 3.63) is 59.7 Å². The van der Waals surface area contributed by atoms with Crippen molar-refractivity contribution in [1.29, 1.82) is 0 Å². The van der Waals surface area contributed by atoms with E-state index in [1.165, 1.54) is 11.8 Å². The van der Waals surface area contributed by atoms with Crippen molar-refractivity contribution in [3.8, 4) is 0 Å². The van der Waals surface area contributed by atoms with Crippen molar-refractivity contribution in [2.24, 2.45) is 0 Å². The summed E-state index contributed by atoms with van der Waals surface area (Å²) in [4.78, 5) is 17.6. The normalized spacial score (nSPS) is 10.6. The minimum Gasteiger partial charge on any atom is -0.368 e. The SMILES string of the molecule is CSc1ccc(NC(=O)c2cccc(CSc3n[nH]c(N)n3)c2)cc1. The predicted octanol–water partition coefficient (Wildman–Crippen LogP) is 3.65. The van der Waals surface area contributed by atoms with E-state index >= 15 is 0 Å². The fraction of sp³-hybridized carbons (Fsp3) is 0.118. The van der Waals surface area contributed by atoms with Gasteiger partial charge in [0.2, 0.25) is 11.1 Å². The molecule has 1 aromatic heterocycles. The van der Waals surface area contributed by atoms with Crippen molar-refractivity contribution < 1.29 is 4.79 Å². The second-order valence-electron chi connectivity index (χ2n) is 5.17. The number of hydrogen-bond donors (Lipinski definition) is 3. The van der Waals surface area contributed by atoms with E-state index in [-0.39, 0.29) is 5.91 Å². The van der Waals surface area contributed by atoms with E-state index in [1.54, 1.807) is 17.8 Å². The number of anilines is 2. The third-order valence-corrected chi connectivity index (χ3v) is 5.05. The minimum atomic E-state index is -0.133.